The molecule has 1 aromatic heterocycles. The molecular weight excluding hydrogens is 298 g/mol. The van der Waals surface area contributed by atoms with Gasteiger partial charge in [0.25, 0.3) is 5.91 Å². The van der Waals surface area contributed by atoms with Gasteiger partial charge < -0.3 is 14.8 Å². The van der Waals surface area contributed by atoms with Gasteiger partial charge in [-0.05, 0) is 41.6 Å². The molecule has 0 saturated heterocycles. The van der Waals surface area contributed by atoms with Crippen molar-refractivity contribution in [1.82, 2.24) is 5.32 Å². The molecular formula is C17H21NO3S. The maximum atomic E-state index is 12.1. The number of nitrogens with one attached hydrogen (secondary N) is 1. The molecule has 1 atom stereocenters. The molecule has 0 fully saturated rings. The SMILES string of the molecule is COc1ccc(OCC(=O)N[C@@H](c2cccs2)C(C)C)cc1. The molecule has 0 saturated carbocycles. The van der Waals surface area contributed by atoms with Crippen LogP contribution in [0.1, 0.15) is 24.8 Å². The van der Waals surface area contributed by atoms with E-state index in [1.807, 2.05) is 17.5 Å². The van der Waals surface area contributed by atoms with Gasteiger partial charge in [0, 0.05) is 4.88 Å². The monoisotopic (exact) mass is 319 g/mol. The fraction of sp³-hybridized carbons (Fsp3) is 0.353. The van der Waals surface area contributed by atoms with E-state index >= 15 is 0 Å². The standard InChI is InChI=1S/C17H21NO3S/c1-12(2)17(15-5-4-10-22-15)18-16(19)11-21-14-8-6-13(20-3)7-9-14/h4-10,12,17H,11H2,1-3H3,(H,18,19)/t17-/m1/s1. The Balaban J connectivity index is 1.88. The topological polar surface area (TPSA) is 47.6 Å². The highest BCUT2D eigenvalue weighted by Gasteiger charge is 2.19. The molecule has 0 unspecified atom stereocenters. The Morgan fingerprint density at radius 1 is 1.18 bits per heavy atom. The van der Waals surface area contributed by atoms with Gasteiger partial charge in [-0.25, -0.2) is 0 Å². The highest BCUT2D eigenvalue weighted by Crippen LogP contribution is 2.25. The Morgan fingerprint density at radius 2 is 1.86 bits per heavy atom. The highest BCUT2D eigenvalue weighted by atomic mass is 32.1. The van der Waals surface area contributed by atoms with Gasteiger partial charge in [0.05, 0.1) is 13.2 Å². The van der Waals surface area contributed by atoms with Crippen LogP contribution in [0.3, 0.4) is 0 Å². The summed E-state index contributed by atoms with van der Waals surface area (Å²) in [6.45, 7) is 4.19. The maximum absolute atomic E-state index is 12.1. The van der Waals surface area contributed by atoms with E-state index in [0.29, 0.717) is 11.7 Å². The zero-order chi connectivity index (χ0) is 15.9. The summed E-state index contributed by atoms with van der Waals surface area (Å²) >= 11 is 1.65. The molecule has 118 valence electrons. The van der Waals surface area contributed by atoms with E-state index in [4.69, 9.17) is 9.47 Å². The number of thiophene rings is 1. The minimum absolute atomic E-state index is 0.000917. The molecule has 4 nitrogen and oxygen atoms in total. The van der Waals surface area contributed by atoms with Crippen LogP contribution in [0.4, 0.5) is 0 Å². The number of carbonyl (C=O) groups excluding carboxylic acids is 1. The van der Waals surface area contributed by atoms with Crippen LogP contribution in [0.25, 0.3) is 0 Å². The van der Waals surface area contributed by atoms with E-state index in [0.717, 1.165) is 10.6 Å². The summed E-state index contributed by atoms with van der Waals surface area (Å²) in [5.41, 5.74) is 0. The summed E-state index contributed by atoms with van der Waals surface area (Å²) in [6, 6.07) is 11.2. The second kappa shape index (κ2) is 7.84. The van der Waals surface area contributed by atoms with Gasteiger partial charge in [0.2, 0.25) is 0 Å². The molecule has 0 spiro atoms. The van der Waals surface area contributed by atoms with Gasteiger partial charge in [0.15, 0.2) is 6.61 Å². The number of carbonyl (C=O) groups is 1. The Bertz CT molecular complexity index is 578. The van der Waals surface area contributed by atoms with Gasteiger partial charge >= 0.3 is 0 Å². The van der Waals surface area contributed by atoms with Crippen molar-refractivity contribution in [3.8, 4) is 11.5 Å². The van der Waals surface area contributed by atoms with Crippen LogP contribution in [0.5, 0.6) is 11.5 Å². The summed E-state index contributed by atoms with van der Waals surface area (Å²) in [6.07, 6.45) is 0. The minimum atomic E-state index is -0.122. The fourth-order valence-electron chi connectivity index (χ4n) is 2.07. The summed E-state index contributed by atoms with van der Waals surface area (Å²) in [5, 5.41) is 5.05. The van der Waals surface area contributed by atoms with Gasteiger partial charge in [-0.3, -0.25) is 4.79 Å². The van der Waals surface area contributed by atoms with Gasteiger partial charge in [0.1, 0.15) is 11.5 Å². The van der Waals surface area contributed by atoms with Crippen LogP contribution in [-0.2, 0) is 4.79 Å². The van der Waals surface area contributed by atoms with Crippen molar-refractivity contribution in [2.45, 2.75) is 19.9 Å². The lowest BCUT2D eigenvalue weighted by molar-refractivity contribution is -0.124. The predicted octanol–water partition coefficient (Wildman–Crippen LogP) is 3.65. The third-order valence-electron chi connectivity index (χ3n) is 3.26. The smallest absolute Gasteiger partial charge is 0.258 e. The van der Waals surface area contributed by atoms with Crippen molar-refractivity contribution in [2.24, 2.45) is 5.92 Å². The van der Waals surface area contributed by atoms with Crippen molar-refractivity contribution in [3.63, 3.8) is 0 Å². The first kappa shape index (κ1) is 16.4. The largest absolute Gasteiger partial charge is 0.497 e. The Hall–Kier alpha value is -2.01. The van der Waals surface area contributed by atoms with Crippen LogP contribution in [0.15, 0.2) is 41.8 Å². The molecule has 0 aliphatic rings. The molecule has 5 heteroatoms. The second-order valence-corrected chi connectivity index (χ2v) is 6.25. The fourth-order valence-corrected chi connectivity index (χ4v) is 3.02. The Morgan fingerprint density at radius 3 is 2.41 bits per heavy atom. The number of benzene rings is 1. The molecule has 2 rings (SSSR count). The van der Waals surface area contributed by atoms with E-state index in [9.17, 15) is 4.79 Å². The van der Waals surface area contributed by atoms with Crippen molar-refractivity contribution in [3.05, 3.63) is 46.7 Å². The minimum Gasteiger partial charge on any atom is -0.497 e. The predicted molar refractivity (Wildman–Crippen MR) is 88.5 cm³/mol. The molecule has 0 aliphatic carbocycles. The van der Waals surface area contributed by atoms with Crippen molar-refractivity contribution < 1.29 is 14.3 Å². The number of ether oxygens (including phenoxy) is 2. The van der Waals surface area contributed by atoms with Crippen LogP contribution in [0, 0.1) is 5.92 Å². The molecule has 1 aromatic carbocycles. The second-order valence-electron chi connectivity index (χ2n) is 5.27. The van der Waals surface area contributed by atoms with Crippen molar-refractivity contribution >= 4 is 17.2 Å². The van der Waals surface area contributed by atoms with E-state index in [2.05, 4.69) is 19.2 Å². The lowest BCUT2D eigenvalue weighted by atomic mass is 10.0. The lowest BCUT2D eigenvalue weighted by Gasteiger charge is -2.21. The summed E-state index contributed by atoms with van der Waals surface area (Å²) in [5.74, 6) is 1.61. The highest BCUT2D eigenvalue weighted by molar-refractivity contribution is 7.10. The summed E-state index contributed by atoms with van der Waals surface area (Å²) in [4.78, 5) is 13.3. The van der Waals surface area contributed by atoms with Crippen molar-refractivity contribution in [2.75, 3.05) is 13.7 Å². The number of hydrogen-bond acceptors (Lipinski definition) is 4. The number of rotatable bonds is 7. The third kappa shape index (κ3) is 4.49. The zero-order valence-corrected chi connectivity index (χ0v) is 13.9. The number of methoxy groups -OCH3 is 1. The molecule has 1 amide bonds. The molecule has 0 bridgehead atoms. The first-order valence-corrected chi connectivity index (χ1v) is 8.07. The average Bonchev–Trinajstić information content (AvgIpc) is 3.04. The van der Waals surface area contributed by atoms with Crippen LogP contribution < -0.4 is 14.8 Å². The zero-order valence-electron chi connectivity index (χ0n) is 13.0. The first-order valence-electron chi connectivity index (χ1n) is 7.19. The summed E-state index contributed by atoms with van der Waals surface area (Å²) in [7, 11) is 1.61. The van der Waals surface area contributed by atoms with Crippen LogP contribution in [0.2, 0.25) is 0 Å². The number of hydrogen-bond donors (Lipinski definition) is 1. The van der Waals surface area contributed by atoms with Gasteiger partial charge in [-0.2, -0.15) is 0 Å². The van der Waals surface area contributed by atoms with E-state index in [1.54, 1.807) is 42.7 Å². The lowest BCUT2D eigenvalue weighted by Crippen LogP contribution is -2.34. The Labute approximate surface area is 135 Å². The average molecular weight is 319 g/mol. The molecule has 0 aliphatic heterocycles. The Kier molecular flexibility index (Phi) is 5.83. The first-order chi connectivity index (χ1) is 10.6. The van der Waals surface area contributed by atoms with E-state index in [-0.39, 0.29) is 18.6 Å². The van der Waals surface area contributed by atoms with E-state index < -0.39 is 0 Å². The van der Waals surface area contributed by atoms with Crippen molar-refractivity contribution in [1.29, 1.82) is 0 Å². The molecule has 2 aromatic rings. The van der Waals surface area contributed by atoms with Crippen LogP contribution >= 0.6 is 11.3 Å². The maximum Gasteiger partial charge on any atom is 0.258 e. The molecule has 1 N–H and O–H groups in total. The van der Waals surface area contributed by atoms with Gasteiger partial charge in [-0.1, -0.05) is 19.9 Å². The molecule has 1 heterocycles. The number of amides is 1. The quantitative estimate of drug-likeness (QED) is 0.847. The van der Waals surface area contributed by atoms with E-state index in [1.165, 1.54) is 0 Å². The normalized spacial score (nSPS) is 12.0. The van der Waals surface area contributed by atoms with Gasteiger partial charge in [-0.15, -0.1) is 11.3 Å². The third-order valence-corrected chi connectivity index (χ3v) is 4.22. The molecule has 0 radical (unpaired) electrons. The van der Waals surface area contributed by atoms with Crippen LogP contribution in [-0.4, -0.2) is 19.6 Å². The summed E-state index contributed by atoms with van der Waals surface area (Å²) < 4.78 is 10.6. The molecule has 22 heavy (non-hydrogen) atoms.